The molecule has 4 aromatic rings. The number of carbonyl (C=O) groups excluding carboxylic acids is 1. The zero-order chi connectivity index (χ0) is 27.8. The molecule has 0 saturated carbocycles. The maximum absolute atomic E-state index is 13.5. The Labute approximate surface area is 229 Å². The van der Waals surface area contributed by atoms with Gasteiger partial charge >= 0.3 is 0 Å². The summed E-state index contributed by atoms with van der Waals surface area (Å²) in [4.78, 5) is 13.5. The Hall–Kier alpha value is -3.75. The topological polar surface area (TPSA) is 136 Å². The third kappa shape index (κ3) is 4.47. The van der Waals surface area contributed by atoms with Crippen molar-refractivity contribution in [3.63, 3.8) is 0 Å². The van der Waals surface area contributed by atoms with Crippen LogP contribution in [-0.4, -0.2) is 61.8 Å². The molecule has 2 heterocycles. The van der Waals surface area contributed by atoms with E-state index in [0.29, 0.717) is 16.7 Å². The molecule has 3 aromatic carbocycles. The maximum Gasteiger partial charge on any atom is 0.164 e. The van der Waals surface area contributed by atoms with Crippen LogP contribution in [0.25, 0.3) is 33.2 Å². The molecule has 1 fully saturated rings. The normalized spacial score (nSPS) is 22.9. The van der Waals surface area contributed by atoms with Crippen LogP contribution in [0.1, 0.15) is 29.1 Å². The van der Waals surface area contributed by atoms with Crippen molar-refractivity contribution in [3.05, 3.63) is 88.6 Å². The minimum Gasteiger partial charge on any atom is -0.394 e. The summed E-state index contributed by atoms with van der Waals surface area (Å²) in [6.45, 7) is 0.742. The average molecular weight is 543 g/mol. The molecule has 1 aliphatic heterocycles. The first-order chi connectivity index (χ1) is 18.8. The minimum absolute atomic E-state index is 0.0168. The van der Waals surface area contributed by atoms with Gasteiger partial charge in [0, 0.05) is 5.56 Å². The van der Waals surface area contributed by atoms with Crippen molar-refractivity contribution < 1.29 is 30.0 Å². The average Bonchev–Trinajstić information content (AvgIpc) is 2.96. The highest BCUT2D eigenvalue weighted by molar-refractivity contribution is 7.71. The number of fused-ring (bicyclic) bond motifs is 1. The van der Waals surface area contributed by atoms with Crippen molar-refractivity contribution in [2.24, 2.45) is 0 Å². The molecular formula is C30H26N2O6S. The number of aliphatic hydroxyl groups is 4. The van der Waals surface area contributed by atoms with E-state index in [0.717, 1.165) is 10.8 Å². The second-order valence-corrected chi connectivity index (χ2v) is 9.82. The van der Waals surface area contributed by atoms with Crippen LogP contribution in [0.5, 0.6) is 0 Å². The molecule has 39 heavy (non-hydrogen) atoms. The van der Waals surface area contributed by atoms with Crippen molar-refractivity contribution in [1.29, 1.82) is 5.26 Å². The van der Waals surface area contributed by atoms with E-state index in [-0.39, 0.29) is 27.2 Å². The number of nitriles is 1. The fraction of sp³-hybridized carbons (Fsp3) is 0.233. The Morgan fingerprint density at radius 1 is 0.974 bits per heavy atom. The number of hydrogen-bond donors (Lipinski definition) is 4. The summed E-state index contributed by atoms with van der Waals surface area (Å²) in [5.41, 5.74) is 2.02. The SMILES string of the molecule is CC(=O)c1c(-c2cccc3ccccc23)c(C#N)c(=S)n([C@@H]2O[C@@H](CO)[C@@H](O)[C@@H](O)[C@@H]2O)c1-c1ccccc1. The van der Waals surface area contributed by atoms with Gasteiger partial charge in [-0.05, 0) is 28.8 Å². The molecule has 4 N–H and O–H groups in total. The molecule has 0 radical (unpaired) electrons. The van der Waals surface area contributed by atoms with Gasteiger partial charge < -0.3 is 29.7 Å². The molecule has 8 nitrogen and oxygen atoms in total. The number of hydrogen-bond acceptors (Lipinski definition) is 8. The second kappa shape index (κ2) is 10.8. The van der Waals surface area contributed by atoms with E-state index in [1.54, 1.807) is 30.3 Å². The molecule has 1 aromatic heterocycles. The second-order valence-electron chi connectivity index (χ2n) is 9.43. The summed E-state index contributed by atoms with van der Waals surface area (Å²) in [7, 11) is 0. The van der Waals surface area contributed by atoms with Gasteiger partial charge in [0.25, 0.3) is 0 Å². The molecule has 0 aliphatic carbocycles. The van der Waals surface area contributed by atoms with E-state index in [2.05, 4.69) is 6.07 Å². The van der Waals surface area contributed by atoms with Gasteiger partial charge in [0.05, 0.1) is 23.4 Å². The molecule has 0 spiro atoms. The van der Waals surface area contributed by atoms with Crippen LogP contribution in [0.4, 0.5) is 0 Å². The van der Waals surface area contributed by atoms with Gasteiger partial charge in [-0.2, -0.15) is 5.26 Å². The Bertz CT molecular complexity index is 1660. The predicted molar refractivity (Wildman–Crippen MR) is 147 cm³/mol. The Kier molecular flexibility index (Phi) is 7.42. The van der Waals surface area contributed by atoms with Crippen LogP contribution >= 0.6 is 12.2 Å². The van der Waals surface area contributed by atoms with E-state index < -0.39 is 37.3 Å². The Morgan fingerprint density at radius 3 is 2.31 bits per heavy atom. The standard InChI is InChI=1S/C30H26N2O6S/c1-16(34)23-24(20-13-7-11-17-8-5-6-12-19(17)20)21(14-31)30(39)32(25(23)18-9-3-2-4-10-18)29-28(37)27(36)26(35)22(15-33)38-29/h2-13,22,26-29,33,35-37H,15H2,1H3/t22-,26+,27+,28-,29+/m0/s1. The summed E-state index contributed by atoms with van der Waals surface area (Å²) in [5.74, 6) is -0.360. The summed E-state index contributed by atoms with van der Waals surface area (Å²) in [6.07, 6.45) is -7.60. The molecule has 198 valence electrons. The molecule has 0 amide bonds. The number of ketones is 1. The van der Waals surface area contributed by atoms with Crippen molar-refractivity contribution in [3.8, 4) is 28.5 Å². The number of aromatic nitrogens is 1. The highest BCUT2D eigenvalue weighted by Gasteiger charge is 2.45. The Balaban J connectivity index is 1.95. The highest BCUT2D eigenvalue weighted by Crippen LogP contribution is 2.42. The van der Waals surface area contributed by atoms with Crippen molar-refractivity contribution in [2.45, 2.75) is 37.6 Å². The van der Waals surface area contributed by atoms with Crippen LogP contribution < -0.4 is 0 Å². The molecule has 5 atom stereocenters. The number of ether oxygens (including phenoxy) is 1. The fourth-order valence-corrected chi connectivity index (χ4v) is 5.61. The quantitative estimate of drug-likeness (QED) is 0.221. The van der Waals surface area contributed by atoms with Gasteiger partial charge in [-0.25, -0.2) is 0 Å². The van der Waals surface area contributed by atoms with Gasteiger partial charge in [-0.1, -0.05) is 85.0 Å². The zero-order valence-corrected chi connectivity index (χ0v) is 21.7. The smallest absolute Gasteiger partial charge is 0.164 e. The number of rotatable bonds is 5. The molecule has 1 aliphatic rings. The van der Waals surface area contributed by atoms with Crippen LogP contribution in [0.3, 0.4) is 0 Å². The van der Waals surface area contributed by atoms with E-state index in [9.17, 15) is 30.5 Å². The molecule has 5 rings (SSSR count). The van der Waals surface area contributed by atoms with Gasteiger partial charge in [-0.15, -0.1) is 0 Å². The van der Waals surface area contributed by atoms with Gasteiger partial charge in [0.2, 0.25) is 0 Å². The maximum atomic E-state index is 13.5. The lowest BCUT2D eigenvalue weighted by molar-refractivity contribution is -0.251. The van der Waals surface area contributed by atoms with E-state index in [4.69, 9.17) is 17.0 Å². The lowest BCUT2D eigenvalue weighted by Gasteiger charge is -2.42. The monoisotopic (exact) mass is 542 g/mol. The van der Waals surface area contributed by atoms with Crippen LogP contribution in [0.15, 0.2) is 72.8 Å². The van der Waals surface area contributed by atoms with Gasteiger partial charge in [-0.3, -0.25) is 4.79 Å². The number of pyridine rings is 1. The summed E-state index contributed by atoms with van der Waals surface area (Å²) in [5, 5.41) is 53.9. The fourth-order valence-electron chi connectivity index (χ4n) is 5.27. The first-order valence-electron chi connectivity index (χ1n) is 12.4. The molecular weight excluding hydrogens is 516 g/mol. The van der Waals surface area contributed by atoms with Gasteiger partial charge in [0.15, 0.2) is 12.0 Å². The van der Waals surface area contributed by atoms with Crippen molar-refractivity contribution >= 4 is 28.8 Å². The van der Waals surface area contributed by atoms with Crippen molar-refractivity contribution in [1.82, 2.24) is 4.57 Å². The number of Topliss-reactive ketones (excluding diaryl/α,β-unsaturated/α-hetero) is 1. The lowest BCUT2D eigenvalue weighted by atomic mass is 9.87. The highest BCUT2D eigenvalue weighted by atomic mass is 32.1. The molecule has 0 bridgehead atoms. The predicted octanol–water partition coefficient (Wildman–Crippen LogP) is 3.75. The number of benzene rings is 3. The van der Waals surface area contributed by atoms with E-state index >= 15 is 0 Å². The molecule has 0 unspecified atom stereocenters. The molecule has 9 heteroatoms. The summed E-state index contributed by atoms with van der Waals surface area (Å²) < 4.78 is 7.19. The molecule has 1 saturated heterocycles. The van der Waals surface area contributed by atoms with Crippen molar-refractivity contribution in [2.75, 3.05) is 6.61 Å². The third-order valence-corrected chi connectivity index (χ3v) is 7.50. The largest absolute Gasteiger partial charge is 0.394 e. The van der Waals surface area contributed by atoms with Crippen LogP contribution in [0.2, 0.25) is 0 Å². The third-order valence-electron chi connectivity index (χ3n) is 7.10. The number of carbonyl (C=O) groups is 1. The number of aliphatic hydroxyl groups excluding tert-OH is 4. The van der Waals surface area contributed by atoms with Gasteiger partial charge in [0.1, 0.15) is 35.1 Å². The minimum atomic E-state index is -1.69. The van der Waals surface area contributed by atoms with E-state index in [1.807, 2.05) is 42.5 Å². The lowest BCUT2D eigenvalue weighted by Crippen LogP contribution is -2.56. The summed E-state index contributed by atoms with van der Waals surface area (Å²) in [6, 6.07) is 24.2. The van der Waals surface area contributed by atoms with Crippen LogP contribution in [0, 0.1) is 16.0 Å². The zero-order valence-electron chi connectivity index (χ0n) is 20.9. The first kappa shape index (κ1) is 26.8. The Morgan fingerprint density at radius 2 is 1.64 bits per heavy atom. The first-order valence-corrected chi connectivity index (χ1v) is 12.8. The number of nitrogens with zero attached hydrogens (tertiary/aromatic N) is 2. The summed E-state index contributed by atoms with van der Waals surface area (Å²) >= 11 is 5.84. The van der Waals surface area contributed by atoms with Crippen LogP contribution in [-0.2, 0) is 4.74 Å². The van der Waals surface area contributed by atoms with E-state index in [1.165, 1.54) is 11.5 Å².